The lowest BCUT2D eigenvalue weighted by Crippen LogP contribution is -2.19. The molecule has 67 valence electrons. The number of hydrogen-bond donors (Lipinski definition) is 1. The third-order valence-corrected chi connectivity index (χ3v) is 1.08. The van der Waals surface area contributed by atoms with Crippen molar-refractivity contribution in [2.75, 3.05) is 20.6 Å². The van der Waals surface area contributed by atoms with Crippen LogP contribution in [0.5, 0.6) is 0 Å². The minimum atomic E-state index is -0.329. The zero-order chi connectivity index (χ0) is 9.56. The van der Waals surface area contributed by atoms with Crippen molar-refractivity contribution in [2.45, 2.75) is 0 Å². The molecule has 0 aromatic heterocycles. The molecule has 1 radical (unpaired) electrons. The van der Waals surface area contributed by atoms with Crippen LogP contribution in [0.1, 0.15) is 0 Å². The van der Waals surface area contributed by atoms with E-state index in [2.05, 4.69) is 6.92 Å². The van der Waals surface area contributed by atoms with E-state index in [0.29, 0.717) is 0 Å². The molecule has 1 rings (SSSR count). The largest absolute Gasteiger partial charge is 0.309 e. The van der Waals surface area contributed by atoms with E-state index in [1.54, 1.807) is 0 Å². The SMILES string of the molecule is O=C1C=CC(=O)N1.[CH2]CN(C)C. The van der Waals surface area contributed by atoms with Crippen LogP contribution in [0.3, 0.4) is 0 Å². The van der Waals surface area contributed by atoms with Crippen LogP contribution in [0.25, 0.3) is 0 Å². The highest BCUT2D eigenvalue weighted by molar-refractivity contribution is 6.12. The summed E-state index contributed by atoms with van der Waals surface area (Å²) in [5.74, 6) is -0.657. The lowest BCUT2D eigenvalue weighted by molar-refractivity contribution is -0.123. The summed E-state index contributed by atoms with van der Waals surface area (Å²) in [6, 6.07) is 0. The van der Waals surface area contributed by atoms with Crippen molar-refractivity contribution in [3.05, 3.63) is 19.1 Å². The average molecular weight is 169 g/mol. The standard InChI is InChI=1S/C4H3NO2.C4H10N/c6-3-1-2-4(7)5-3;1-4-5(2)3/h1-2H,(H,5,6,7);1,4H2,2-3H3. The molecule has 0 aromatic carbocycles. The number of nitrogens with one attached hydrogen (secondary N) is 1. The summed E-state index contributed by atoms with van der Waals surface area (Å²) in [6.45, 7) is 4.50. The van der Waals surface area contributed by atoms with Crippen molar-refractivity contribution in [3.8, 4) is 0 Å². The van der Waals surface area contributed by atoms with E-state index in [4.69, 9.17) is 0 Å². The fourth-order valence-electron chi connectivity index (χ4n) is 0.356. The molecular weight excluding hydrogens is 156 g/mol. The molecule has 1 aliphatic rings. The highest BCUT2D eigenvalue weighted by Gasteiger charge is 2.06. The van der Waals surface area contributed by atoms with E-state index in [9.17, 15) is 9.59 Å². The molecule has 1 aliphatic heterocycles. The maximum absolute atomic E-state index is 10.0. The van der Waals surface area contributed by atoms with Gasteiger partial charge in [0.25, 0.3) is 11.8 Å². The number of nitrogens with zero attached hydrogens (tertiary/aromatic N) is 1. The van der Waals surface area contributed by atoms with Gasteiger partial charge < -0.3 is 4.90 Å². The number of rotatable bonds is 1. The van der Waals surface area contributed by atoms with Gasteiger partial charge in [0.15, 0.2) is 0 Å². The minimum absolute atomic E-state index is 0.329. The molecule has 0 unspecified atom stereocenters. The van der Waals surface area contributed by atoms with Crippen molar-refractivity contribution >= 4 is 11.8 Å². The number of hydrogen-bond acceptors (Lipinski definition) is 3. The zero-order valence-corrected chi connectivity index (χ0v) is 7.33. The highest BCUT2D eigenvalue weighted by Crippen LogP contribution is 1.82. The summed E-state index contributed by atoms with van der Waals surface area (Å²) in [4.78, 5) is 22.1. The molecule has 0 saturated carbocycles. The molecule has 0 bridgehead atoms. The molecule has 12 heavy (non-hydrogen) atoms. The second kappa shape index (κ2) is 5.49. The monoisotopic (exact) mass is 169 g/mol. The normalized spacial score (nSPS) is 14.3. The lowest BCUT2D eigenvalue weighted by Gasteiger charge is -1.99. The van der Waals surface area contributed by atoms with Crippen molar-refractivity contribution in [1.82, 2.24) is 10.2 Å². The van der Waals surface area contributed by atoms with E-state index in [1.165, 1.54) is 12.2 Å². The molecule has 4 nitrogen and oxygen atoms in total. The van der Waals surface area contributed by atoms with Crippen LogP contribution in [0.2, 0.25) is 0 Å². The van der Waals surface area contributed by atoms with Gasteiger partial charge in [0.1, 0.15) is 0 Å². The Morgan fingerprint density at radius 2 is 1.67 bits per heavy atom. The van der Waals surface area contributed by atoms with E-state index < -0.39 is 0 Å². The van der Waals surface area contributed by atoms with Crippen LogP contribution in [0, 0.1) is 6.92 Å². The molecule has 0 fully saturated rings. The topological polar surface area (TPSA) is 49.4 Å². The summed E-state index contributed by atoms with van der Waals surface area (Å²) in [7, 11) is 3.99. The van der Waals surface area contributed by atoms with Gasteiger partial charge in [0, 0.05) is 12.2 Å². The van der Waals surface area contributed by atoms with Gasteiger partial charge in [-0.25, -0.2) is 0 Å². The Labute approximate surface area is 72.2 Å². The lowest BCUT2D eigenvalue weighted by atomic mass is 10.6. The quantitative estimate of drug-likeness (QED) is 0.542. The van der Waals surface area contributed by atoms with Gasteiger partial charge in [-0.3, -0.25) is 14.9 Å². The maximum atomic E-state index is 10.0. The molecule has 2 amide bonds. The molecular formula is C8H13N2O2. The summed E-state index contributed by atoms with van der Waals surface area (Å²) >= 11 is 0. The molecule has 0 aromatic rings. The molecule has 1 heterocycles. The summed E-state index contributed by atoms with van der Waals surface area (Å²) in [5, 5.41) is 2.03. The first-order chi connectivity index (χ1) is 5.56. The van der Waals surface area contributed by atoms with Gasteiger partial charge in [-0.15, -0.1) is 0 Å². The third-order valence-electron chi connectivity index (χ3n) is 1.08. The van der Waals surface area contributed by atoms with Crippen LogP contribution >= 0.6 is 0 Å². The predicted molar refractivity (Wildman–Crippen MR) is 46.2 cm³/mol. The van der Waals surface area contributed by atoms with Crippen LogP contribution in [0.15, 0.2) is 12.2 Å². The Kier molecular flexibility index (Phi) is 4.96. The van der Waals surface area contributed by atoms with Crippen molar-refractivity contribution in [2.24, 2.45) is 0 Å². The van der Waals surface area contributed by atoms with Crippen molar-refractivity contribution in [1.29, 1.82) is 0 Å². The Bertz CT molecular complexity index is 181. The van der Waals surface area contributed by atoms with E-state index in [-0.39, 0.29) is 11.8 Å². The molecule has 0 atom stereocenters. The van der Waals surface area contributed by atoms with Gasteiger partial charge in [0.05, 0.1) is 0 Å². The summed E-state index contributed by atoms with van der Waals surface area (Å²) in [6.07, 6.45) is 2.39. The third kappa shape index (κ3) is 5.61. The van der Waals surface area contributed by atoms with Gasteiger partial charge in [-0.2, -0.15) is 0 Å². The van der Waals surface area contributed by atoms with Gasteiger partial charge in [0.2, 0.25) is 0 Å². The average Bonchev–Trinajstić information content (AvgIpc) is 2.36. The molecule has 4 heteroatoms. The zero-order valence-electron chi connectivity index (χ0n) is 7.33. The minimum Gasteiger partial charge on any atom is -0.309 e. The molecule has 0 saturated heterocycles. The summed E-state index contributed by atoms with van der Waals surface area (Å²) in [5.41, 5.74) is 0. The van der Waals surface area contributed by atoms with Crippen molar-refractivity contribution in [3.63, 3.8) is 0 Å². The number of carbonyl (C=O) groups excluding carboxylic acids is 2. The number of carbonyl (C=O) groups is 2. The van der Waals surface area contributed by atoms with E-state index in [0.717, 1.165) is 6.54 Å². The maximum Gasteiger partial charge on any atom is 0.250 e. The first-order valence-electron chi connectivity index (χ1n) is 3.53. The van der Waals surface area contributed by atoms with Crippen LogP contribution < -0.4 is 5.32 Å². The number of amides is 2. The Morgan fingerprint density at radius 1 is 1.33 bits per heavy atom. The first kappa shape index (κ1) is 10.8. The first-order valence-corrected chi connectivity index (χ1v) is 3.53. The smallest absolute Gasteiger partial charge is 0.250 e. The fraction of sp³-hybridized carbons (Fsp3) is 0.375. The van der Waals surface area contributed by atoms with Crippen LogP contribution in [0.4, 0.5) is 0 Å². The molecule has 0 spiro atoms. The van der Waals surface area contributed by atoms with E-state index in [1.807, 2.05) is 24.3 Å². The second-order valence-electron chi connectivity index (χ2n) is 2.49. The van der Waals surface area contributed by atoms with Gasteiger partial charge >= 0.3 is 0 Å². The second-order valence-corrected chi connectivity index (χ2v) is 2.49. The Hall–Kier alpha value is -1.16. The predicted octanol–water partition coefficient (Wildman–Crippen LogP) is -0.419. The van der Waals surface area contributed by atoms with Crippen molar-refractivity contribution < 1.29 is 9.59 Å². The van der Waals surface area contributed by atoms with Gasteiger partial charge in [-0.05, 0) is 27.6 Å². The fourth-order valence-corrected chi connectivity index (χ4v) is 0.356. The molecule has 1 N–H and O–H groups in total. The van der Waals surface area contributed by atoms with Gasteiger partial charge in [-0.1, -0.05) is 0 Å². The summed E-state index contributed by atoms with van der Waals surface area (Å²) < 4.78 is 0. The number of imide groups is 1. The highest BCUT2D eigenvalue weighted by atomic mass is 16.2. The Morgan fingerprint density at radius 3 is 1.75 bits per heavy atom. The molecule has 0 aliphatic carbocycles. The van der Waals surface area contributed by atoms with Crippen LogP contribution in [-0.2, 0) is 9.59 Å². The van der Waals surface area contributed by atoms with E-state index >= 15 is 0 Å². The Balaban J connectivity index is 0.000000217. The van der Waals surface area contributed by atoms with Crippen LogP contribution in [-0.4, -0.2) is 37.4 Å².